The van der Waals surface area contributed by atoms with Gasteiger partial charge in [0.05, 0.1) is 5.88 Å². The van der Waals surface area contributed by atoms with E-state index in [1.165, 1.54) is 44.3 Å². The van der Waals surface area contributed by atoms with Crippen LogP contribution in [-0.2, 0) is 5.88 Å². The van der Waals surface area contributed by atoms with Crippen molar-refractivity contribution < 1.29 is 0 Å². The van der Waals surface area contributed by atoms with Crippen LogP contribution in [0.1, 0.15) is 76.0 Å². The van der Waals surface area contributed by atoms with Gasteiger partial charge >= 0.3 is 0 Å². The lowest BCUT2D eigenvalue weighted by atomic mass is 9.68. The molecule has 0 aliphatic heterocycles. The van der Waals surface area contributed by atoms with Crippen LogP contribution < -0.4 is 0 Å². The SMILES string of the molecule is CC1(C)CCCCC1c1nnc(CCl)n1C1CC1. The fourth-order valence-electron chi connectivity index (χ4n) is 3.37. The van der Waals surface area contributed by atoms with E-state index in [2.05, 4.69) is 28.6 Å². The lowest BCUT2D eigenvalue weighted by molar-refractivity contribution is 0.188. The van der Waals surface area contributed by atoms with Crippen LogP contribution in [0.4, 0.5) is 0 Å². The van der Waals surface area contributed by atoms with Crippen molar-refractivity contribution in [2.45, 2.75) is 70.2 Å². The summed E-state index contributed by atoms with van der Waals surface area (Å²) in [6, 6.07) is 0.626. The molecule has 0 bridgehead atoms. The van der Waals surface area contributed by atoms with Gasteiger partial charge in [-0.1, -0.05) is 26.7 Å². The van der Waals surface area contributed by atoms with Crippen LogP contribution in [0, 0.1) is 5.41 Å². The Kier molecular flexibility index (Phi) is 3.13. The molecule has 1 aromatic heterocycles. The van der Waals surface area contributed by atoms with Gasteiger partial charge in [0.2, 0.25) is 0 Å². The Balaban J connectivity index is 1.97. The Morgan fingerprint density at radius 3 is 2.61 bits per heavy atom. The summed E-state index contributed by atoms with van der Waals surface area (Å²) in [5, 5.41) is 8.81. The molecule has 3 nitrogen and oxygen atoms in total. The van der Waals surface area contributed by atoms with Crippen LogP contribution in [-0.4, -0.2) is 14.8 Å². The summed E-state index contributed by atoms with van der Waals surface area (Å²) in [6.45, 7) is 4.76. The molecule has 0 amide bonds. The van der Waals surface area contributed by atoms with E-state index in [4.69, 9.17) is 11.6 Å². The van der Waals surface area contributed by atoms with Crippen molar-refractivity contribution in [3.05, 3.63) is 11.6 Å². The molecule has 0 spiro atoms. The number of alkyl halides is 1. The van der Waals surface area contributed by atoms with Gasteiger partial charge in [-0.15, -0.1) is 21.8 Å². The Morgan fingerprint density at radius 2 is 2.00 bits per heavy atom. The lowest BCUT2D eigenvalue weighted by Gasteiger charge is -2.38. The summed E-state index contributed by atoms with van der Waals surface area (Å²) in [6.07, 6.45) is 7.75. The molecule has 4 heteroatoms. The highest BCUT2D eigenvalue weighted by molar-refractivity contribution is 6.16. The van der Waals surface area contributed by atoms with Crippen molar-refractivity contribution >= 4 is 11.6 Å². The molecule has 2 saturated carbocycles. The molecular weight excluding hydrogens is 246 g/mol. The molecule has 2 aliphatic rings. The van der Waals surface area contributed by atoms with E-state index in [9.17, 15) is 0 Å². The number of hydrogen-bond donors (Lipinski definition) is 0. The van der Waals surface area contributed by atoms with E-state index in [0.717, 1.165) is 5.82 Å². The zero-order chi connectivity index (χ0) is 12.8. The van der Waals surface area contributed by atoms with Crippen LogP contribution in [0.5, 0.6) is 0 Å². The summed E-state index contributed by atoms with van der Waals surface area (Å²) < 4.78 is 2.35. The molecular formula is C14H22ClN3. The van der Waals surface area contributed by atoms with Crippen molar-refractivity contribution in [2.75, 3.05) is 0 Å². The lowest BCUT2D eigenvalue weighted by Crippen LogP contribution is -2.28. The second-order valence-electron chi connectivity index (χ2n) is 6.50. The number of halogens is 1. The highest BCUT2D eigenvalue weighted by atomic mass is 35.5. The van der Waals surface area contributed by atoms with Gasteiger partial charge in [0.15, 0.2) is 0 Å². The maximum absolute atomic E-state index is 6.00. The van der Waals surface area contributed by atoms with Crippen molar-refractivity contribution in [3.63, 3.8) is 0 Å². The maximum Gasteiger partial charge on any atom is 0.148 e. The van der Waals surface area contributed by atoms with Gasteiger partial charge in [0.1, 0.15) is 11.6 Å². The van der Waals surface area contributed by atoms with E-state index >= 15 is 0 Å². The fraction of sp³-hybridized carbons (Fsp3) is 0.857. The van der Waals surface area contributed by atoms with Gasteiger partial charge in [-0.25, -0.2) is 0 Å². The van der Waals surface area contributed by atoms with Crippen LogP contribution in [0.3, 0.4) is 0 Å². The number of aromatic nitrogens is 3. The Labute approximate surface area is 114 Å². The average molecular weight is 268 g/mol. The third-order valence-electron chi connectivity index (χ3n) is 4.64. The van der Waals surface area contributed by atoms with Crippen molar-refractivity contribution in [1.29, 1.82) is 0 Å². The summed E-state index contributed by atoms with van der Waals surface area (Å²) in [7, 11) is 0. The summed E-state index contributed by atoms with van der Waals surface area (Å²) in [5.74, 6) is 3.21. The van der Waals surface area contributed by atoms with Gasteiger partial charge < -0.3 is 4.57 Å². The predicted octanol–water partition coefficient (Wildman–Crippen LogP) is 4.04. The first-order valence-electron chi connectivity index (χ1n) is 7.13. The van der Waals surface area contributed by atoms with E-state index in [1.54, 1.807) is 0 Å². The minimum atomic E-state index is 0.349. The molecule has 0 N–H and O–H groups in total. The molecule has 3 rings (SSSR count). The first-order valence-corrected chi connectivity index (χ1v) is 7.66. The molecule has 0 radical (unpaired) electrons. The number of rotatable bonds is 3. The van der Waals surface area contributed by atoms with Crippen LogP contribution in [0.2, 0.25) is 0 Å². The minimum absolute atomic E-state index is 0.349. The van der Waals surface area contributed by atoms with Gasteiger partial charge in [-0.2, -0.15) is 0 Å². The van der Waals surface area contributed by atoms with Gasteiger partial charge in [-0.3, -0.25) is 0 Å². The Hall–Kier alpha value is -0.570. The molecule has 0 saturated heterocycles. The third kappa shape index (κ3) is 2.07. The van der Waals surface area contributed by atoms with Crippen molar-refractivity contribution in [3.8, 4) is 0 Å². The van der Waals surface area contributed by atoms with E-state index < -0.39 is 0 Å². The third-order valence-corrected chi connectivity index (χ3v) is 4.88. The van der Waals surface area contributed by atoms with E-state index in [1.807, 2.05) is 0 Å². The van der Waals surface area contributed by atoms with Crippen LogP contribution in [0.15, 0.2) is 0 Å². The molecule has 2 fully saturated rings. The fourth-order valence-corrected chi connectivity index (χ4v) is 3.55. The van der Waals surface area contributed by atoms with Gasteiger partial charge in [-0.05, 0) is 31.1 Å². The molecule has 0 aromatic carbocycles. The van der Waals surface area contributed by atoms with E-state index in [0.29, 0.717) is 23.3 Å². The predicted molar refractivity (Wildman–Crippen MR) is 72.8 cm³/mol. The molecule has 1 atom stereocenters. The zero-order valence-corrected chi connectivity index (χ0v) is 12.1. The van der Waals surface area contributed by atoms with Gasteiger partial charge in [0, 0.05) is 12.0 Å². The summed E-state index contributed by atoms with van der Waals surface area (Å²) in [5.41, 5.74) is 0.349. The minimum Gasteiger partial charge on any atom is -0.311 e. The second kappa shape index (κ2) is 4.52. The molecule has 2 aliphatic carbocycles. The highest BCUT2D eigenvalue weighted by Gasteiger charge is 2.39. The van der Waals surface area contributed by atoms with E-state index in [-0.39, 0.29) is 0 Å². The number of hydrogen-bond acceptors (Lipinski definition) is 2. The Bertz CT molecular complexity index is 434. The molecule has 1 unspecified atom stereocenters. The largest absolute Gasteiger partial charge is 0.311 e. The molecule has 18 heavy (non-hydrogen) atoms. The van der Waals surface area contributed by atoms with Crippen LogP contribution >= 0.6 is 11.6 Å². The molecule has 100 valence electrons. The number of nitrogens with zero attached hydrogens (tertiary/aromatic N) is 3. The monoisotopic (exact) mass is 267 g/mol. The Morgan fingerprint density at radius 1 is 1.22 bits per heavy atom. The van der Waals surface area contributed by atoms with Gasteiger partial charge in [0.25, 0.3) is 0 Å². The maximum atomic E-state index is 6.00. The molecule has 1 heterocycles. The van der Waals surface area contributed by atoms with Crippen molar-refractivity contribution in [2.24, 2.45) is 5.41 Å². The molecule has 1 aromatic rings. The zero-order valence-electron chi connectivity index (χ0n) is 11.3. The highest BCUT2D eigenvalue weighted by Crippen LogP contribution is 2.48. The summed E-state index contributed by atoms with van der Waals surface area (Å²) in [4.78, 5) is 0. The average Bonchev–Trinajstić information content (AvgIpc) is 3.09. The topological polar surface area (TPSA) is 30.7 Å². The van der Waals surface area contributed by atoms with Crippen molar-refractivity contribution in [1.82, 2.24) is 14.8 Å². The first-order chi connectivity index (χ1) is 8.63. The normalized spacial score (nSPS) is 27.4. The summed E-state index contributed by atoms with van der Waals surface area (Å²) >= 11 is 6.00. The quantitative estimate of drug-likeness (QED) is 0.774. The van der Waals surface area contributed by atoms with Crippen LogP contribution in [0.25, 0.3) is 0 Å². The smallest absolute Gasteiger partial charge is 0.148 e. The standard InChI is InChI=1S/C14H22ClN3/c1-14(2)8-4-3-5-11(14)13-17-16-12(9-15)18(13)10-6-7-10/h10-11H,3-9H2,1-2H3. The second-order valence-corrected chi connectivity index (χ2v) is 6.76. The first kappa shape index (κ1) is 12.5.